The van der Waals surface area contributed by atoms with Gasteiger partial charge in [-0.25, -0.2) is 4.98 Å². The molecule has 0 saturated carbocycles. The molecule has 2 rings (SSSR count). The Kier molecular flexibility index (Phi) is 6.90. The van der Waals surface area contributed by atoms with Gasteiger partial charge in [0, 0.05) is 23.5 Å². The highest BCUT2D eigenvalue weighted by atomic mass is 32.1. The predicted octanol–water partition coefficient (Wildman–Crippen LogP) is 2.73. The summed E-state index contributed by atoms with van der Waals surface area (Å²) in [4.78, 5) is 12.8. The molecule has 18 heavy (non-hydrogen) atoms. The Morgan fingerprint density at radius 2 is 2.39 bits per heavy atom. The normalized spacial score (nSPS) is 22.6. The number of rotatable bonds is 4. The predicted molar refractivity (Wildman–Crippen MR) is 74.0 cm³/mol. The summed E-state index contributed by atoms with van der Waals surface area (Å²) in [5.41, 5.74) is 0. The van der Waals surface area contributed by atoms with Crippen LogP contribution in [-0.2, 0) is 4.79 Å². The van der Waals surface area contributed by atoms with Crippen LogP contribution in [0.5, 0.6) is 0 Å². The fourth-order valence-electron chi connectivity index (χ4n) is 2.30. The number of carbonyl (C=O) groups is 1. The minimum atomic E-state index is -0.250. The van der Waals surface area contributed by atoms with Crippen molar-refractivity contribution in [3.8, 4) is 0 Å². The second-order valence-electron chi connectivity index (χ2n) is 4.90. The first-order chi connectivity index (χ1) is 8.69. The first-order valence-electron chi connectivity index (χ1n) is 6.39. The van der Waals surface area contributed by atoms with Gasteiger partial charge in [0.05, 0.1) is 5.01 Å². The largest absolute Gasteiger partial charge is 0.483 e. The zero-order chi connectivity index (χ0) is 13.4. The maximum atomic E-state index is 8.36. The van der Waals surface area contributed by atoms with Crippen molar-refractivity contribution in [1.82, 2.24) is 10.3 Å². The molecule has 4 nitrogen and oxygen atoms in total. The Morgan fingerprint density at radius 1 is 1.67 bits per heavy atom. The minimum absolute atomic E-state index is 0.250. The monoisotopic (exact) mass is 270 g/mol. The van der Waals surface area contributed by atoms with E-state index in [0.29, 0.717) is 12.0 Å². The maximum absolute atomic E-state index is 8.36. The molecular formula is C13H22N2O2S. The van der Waals surface area contributed by atoms with Crippen molar-refractivity contribution in [3.05, 3.63) is 16.6 Å². The Balaban J connectivity index is 0.000000492. The van der Waals surface area contributed by atoms with Crippen LogP contribution in [0.2, 0.25) is 0 Å². The Morgan fingerprint density at radius 3 is 2.94 bits per heavy atom. The molecule has 1 aliphatic rings. The lowest BCUT2D eigenvalue weighted by Crippen LogP contribution is -2.26. The van der Waals surface area contributed by atoms with Crippen LogP contribution in [0.1, 0.15) is 44.0 Å². The van der Waals surface area contributed by atoms with Crippen LogP contribution in [0.3, 0.4) is 0 Å². The smallest absolute Gasteiger partial charge is 0.290 e. The summed E-state index contributed by atoms with van der Waals surface area (Å²) >= 11 is 1.81. The van der Waals surface area contributed by atoms with Gasteiger partial charge in [-0.05, 0) is 31.7 Å². The van der Waals surface area contributed by atoms with Crippen LogP contribution in [-0.4, -0.2) is 29.1 Å². The van der Waals surface area contributed by atoms with E-state index in [1.807, 2.05) is 17.5 Å². The fraction of sp³-hybridized carbons (Fsp3) is 0.692. The molecule has 1 aromatic rings. The topological polar surface area (TPSA) is 62.2 Å². The van der Waals surface area contributed by atoms with Crippen molar-refractivity contribution >= 4 is 17.8 Å². The molecule has 0 radical (unpaired) electrons. The van der Waals surface area contributed by atoms with E-state index in [0.717, 1.165) is 12.5 Å². The van der Waals surface area contributed by atoms with Crippen molar-refractivity contribution in [1.29, 1.82) is 0 Å². The summed E-state index contributed by atoms with van der Waals surface area (Å²) in [6.07, 6.45) is 5.80. The summed E-state index contributed by atoms with van der Waals surface area (Å²) in [5, 5.41) is 13.9. The number of nitrogens with one attached hydrogen (secondary N) is 1. The standard InChI is InChI=1S/C12H20N2S.CH2O2/c1-9(2)3-4-11-10(5-6-13-11)12-14-7-8-15-12;2-1-3/h7-11,13H,3-6H2,1-2H3;1H,(H,2,3)/t10-,11?;/m1./s1. The van der Waals surface area contributed by atoms with Crippen molar-refractivity contribution in [3.63, 3.8) is 0 Å². The molecule has 0 aromatic carbocycles. The molecule has 1 saturated heterocycles. The summed E-state index contributed by atoms with van der Waals surface area (Å²) < 4.78 is 0. The minimum Gasteiger partial charge on any atom is -0.483 e. The Bertz CT molecular complexity index is 328. The summed E-state index contributed by atoms with van der Waals surface area (Å²) in [6.45, 7) is 5.51. The number of aromatic nitrogens is 1. The molecule has 2 N–H and O–H groups in total. The second kappa shape index (κ2) is 8.21. The fourth-order valence-corrected chi connectivity index (χ4v) is 3.14. The van der Waals surface area contributed by atoms with E-state index in [1.165, 1.54) is 24.3 Å². The van der Waals surface area contributed by atoms with E-state index in [2.05, 4.69) is 29.5 Å². The lowest BCUT2D eigenvalue weighted by molar-refractivity contribution is -0.122. The molecule has 102 valence electrons. The second-order valence-corrected chi connectivity index (χ2v) is 5.83. The van der Waals surface area contributed by atoms with Gasteiger partial charge in [-0.1, -0.05) is 13.8 Å². The average molecular weight is 270 g/mol. The van der Waals surface area contributed by atoms with E-state index in [1.54, 1.807) is 0 Å². The van der Waals surface area contributed by atoms with E-state index >= 15 is 0 Å². The molecule has 2 heterocycles. The number of hydrogen-bond acceptors (Lipinski definition) is 4. The molecule has 5 heteroatoms. The zero-order valence-corrected chi connectivity index (χ0v) is 11.8. The average Bonchev–Trinajstić information content (AvgIpc) is 2.98. The molecule has 1 aliphatic heterocycles. The van der Waals surface area contributed by atoms with Crippen molar-refractivity contribution in [2.24, 2.45) is 5.92 Å². The summed E-state index contributed by atoms with van der Waals surface area (Å²) in [7, 11) is 0. The molecule has 0 aliphatic carbocycles. The van der Waals surface area contributed by atoms with Gasteiger partial charge in [-0.15, -0.1) is 11.3 Å². The van der Waals surface area contributed by atoms with E-state index in [4.69, 9.17) is 9.90 Å². The van der Waals surface area contributed by atoms with Crippen LogP contribution < -0.4 is 5.32 Å². The highest BCUT2D eigenvalue weighted by molar-refractivity contribution is 7.09. The van der Waals surface area contributed by atoms with E-state index in [9.17, 15) is 0 Å². The summed E-state index contributed by atoms with van der Waals surface area (Å²) in [6, 6.07) is 0.665. The third-order valence-electron chi connectivity index (χ3n) is 3.17. The highest BCUT2D eigenvalue weighted by Crippen LogP contribution is 2.31. The SMILES string of the molecule is CC(C)CCC1NCC[C@H]1c1nccs1.O=CO. The number of carboxylic acid groups (broad SMARTS) is 1. The lowest BCUT2D eigenvalue weighted by atomic mass is 9.94. The van der Waals surface area contributed by atoms with Gasteiger partial charge in [0.25, 0.3) is 6.47 Å². The Hall–Kier alpha value is -0.940. The molecule has 0 bridgehead atoms. The van der Waals surface area contributed by atoms with Gasteiger partial charge in [0.1, 0.15) is 0 Å². The van der Waals surface area contributed by atoms with Gasteiger partial charge in [-0.3, -0.25) is 4.79 Å². The number of nitrogens with zero attached hydrogens (tertiary/aromatic N) is 1. The van der Waals surface area contributed by atoms with Crippen molar-refractivity contribution < 1.29 is 9.90 Å². The van der Waals surface area contributed by atoms with Gasteiger partial charge < -0.3 is 10.4 Å². The van der Waals surface area contributed by atoms with Gasteiger partial charge in [0.2, 0.25) is 0 Å². The summed E-state index contributed by atoms with van der Waals surface area (Å²) in [5.74, 6) is 1.48. The quantitative estimate of drug-likeness (QED) is 0.826. The molecule has 0 amide bonds. The Labute approximate surface area is 112 Å². The molecule has 1 fully saturated rings. The number of hydrogen-bond donors (Lipinski definition) is 2. The van der Waals surface area contributed by atoms with Crippen LogP contribution >= 0.6 is 11.3 Å². The first-order valence-corrected chi connectivity index (χ1v) is 7.27. The first kappa shape index (κ1) is 15.1. The van der Waals surface area contributed by atoms with Crippen molar-refractivity contribution in [2.75, 3.05) is 6.54 Å². The van der Waals surface area contributed by atoms with Crippen molar-refractivity contribution in [2.45, 2.75) is 45.1 Å². The third-order valence-corrected chi connectivity index (χ3v) is 4.08. The molecule has 1 aromatic heterocycles. The van der Waals surface area contributed by atoms with E-state index in [-0.39, 0.29) is 6.47 Å². The van der Waals surface area contributed by atoms with Crippen LogP contribution in [0.25, 0.3) is 0 Å². The van der Waals surface area contributed by atoms with Crippen LogP contribution in [0.4, 0.5) is 0 Å². The zero-order valence-electron chi connectivity index (χ0n) is 11.0. The molecular weight excluding hydrogens is 248 g/mol. The van der Waals surface area contributed by atoms with E-state index < -0.39 is 0 Å². The van der Waals surface area contributed by atoms with Gasteiger partial charge in [-0.2, -0.15) is 0 Å². The van der Waals surface area contributed by atoms with Crippen LogP contribution in [0.15, 0.2) is 11.6 Å². The van der Waals surface area contributed by atoms with Gasteiger partial charge in [0.15, 0.2) is 0 Å². The van der Waals surface area contributed by atoms with Crippen LogP contribution in [0, 0.1) is 5.92 Å². The lowest BCUT2D eigenvalue weighted by Gasteiger charge is -2.18. The van der Waals surface area contributed by atoms with Gasteiger partial charge >= 0.3 is 0 Å². The number of thiazole rings is 1. The highest BCUT2D eigenvalue weighted by Gasteiger charge is 2.29. The molecule has 0 spiro atoms. The molecule has 1 unspecified atom stereocenters. The maximum Gasteiger partial charge on any atom is 0.290 e. The third kappa shape index (κ3) is 4.74. The molecule has 2 atom stereocenters.